The highest BCUT2D eigenvalue weighted by Crippen LogP contribution is 2.06. The monoisotopic (exact) mass is 220 g/mol. The van der Waals surface area contributed by atoms with E-state index in [0.717, 1.165) is 18.6 Å². The average molecular weight is 220 g/mol. The lowest BCUT2D eigenvalue weighted by molar-refractivity contribution is -0.118. The van der Waals surface area contributed by atoms with Crippen LogP contribution < -0.4 is 0 Å². The standard InChI is InChI=1S/C14H20O2/c1-3-16-9-5-8-14(15)11-13-7-4-6-12(2)10-13/h4,6-7,10H,3,5,8-9,11H2,1-2H3. The molecule has 0 atom stereocenters. The van der Waals surface area contributed by atoms with Crippen LogP contribution in [0.2, 0.25) is 0 Å². The number of carbonyl (C=O) groups excluding carboxylic acids is 1. The zero-order chi connectivity index (χ0) is 11.8. The molecule has 0 aliphatic rings. The summed E-state index contributed by atoms with van der Waals surface area (Å²) < 4.78 is 5.20. The van der Waals surface area contributed by atoms with Crippen LogP contribution in [0.3, 0.4) is 0 Å². The molecule has 0 bridgehead atoms. The molecule has 0 aliphatic carbocycles. The van der Waals surface area contributed by atoms with Gasteiger partial charge in [-0.15, -0.1) is 0 Å². The largest absolute Gasteiger partial charge is 0.382 e. The summed E-state index contributed by atoms with van der Waals surface area (Å²) in [5.74, 6) is 0.297. The molecule has 1 rings (SSSR count). The van der Waals surface area contributed by atoms with Gasteiger partial charge in [-0.05, 0) is 25.8 Å². The fourth-order valence-electron chi connectivity index (χ4n) is 1.65. The topological polar surface area (TPSA) is 26.3 Å². The lowest BCUT2D eigenvalue weighted by Crippen LogP contribution is -2.05. The number of ether oxygens (including phenoxy) is 1. The second-order valence-electron chi connectivity index (χ2n) is 4.00. The quantitative estimate of drug-likeness (QED) is 0.660. The van der Waals surface area contributed by atoms with Gasteiger partial charge < -0.3 is 4.74 Å². The molecular formula is C14H20O2. The van der Waals surface area contributed by atoms with Crippen LogP contribution in [-0.2, 0) is 16.0 Å². The van der Waals surface area contributed by atoms with E-state index >= 15 is 0 Å². The van der Waals surface area contributed by atoms with Gasteiger partial charge in [0, 0.05) is 26.1 Å². The van der Waals surface area contributed by atoms with Gasteiger partial charge in [0.2, 0.25) is 0 Å². The van der Waals surface area contributed by atoms with Gasteiger partial charge in [-0.25, -0.2) is 0 Å². The van der Waals surface area contributed by atoms with Crippen LogP contribution in [0.15, 0.2) is 24.3 Å². The molecule has 0 radical (unpaired) electrons. The number of hydrogen-bond donors (Lipinski definition) is 0. The predicted octanol–water partition coefficient (Wildman–Crippen LogP) is 2.92. The van der Waals surface area contributed by atoms with Crippen LogP contribution in [0.5, 0.6) is 0 Å². The van der Waals surface area contributed by atoms with Crippen molar-refractivity contribution >= 4 is 5.78 Å². The highest BCUT2D eigenvalue weighted by Gasteiger charge is 2.03. The van der Waals surface area contributed by atoms with E-state index < -0.39 is 0 Å². The smallest absolute Gasteiger partial charge is 0.137 e. The summed E-state index contributed by atoms with van der Waals surface area (Å²) in [4.78, 5) is 11.6. The molecule has 2 nitrogen and oxygen atoms in total. The Bertz CT molecular complexity index is 331. The molecule has 0 unspecified atom stereocenters. The lowest BCUT2D eigenvalue weighted by atomic mass is 10.0. The molecule has 0 saturated carbocycles. The molecule has 0 spiro atoms. The van der Waals surface area contributed by atoms with Gasteiger partial charge in [0.15, 0.2) is 0 Å². The van der Waals surface area contributed by atoms with Crippen molar-refractivity contribution in [3.05, 3.63) is 35.4 Å². The van der Waals surface area contributed by atoms with Crippen molar-refractivity contribution in [2.75, 3.05) is 13.2 Å². The fourth-order valence-corrected chi connectivity index (χ4v) is 1.65. The van der Waals surface area contributed by atoms with Crippen molar-refractivity contribution in [1.82, 2.24) is 0 Å². The first-order chi connectivity index (χ1) is 7.72. The van der Waals surface area contributed by atoms with Gasteiger partial charge in [0.1, 0.15) is 5.78 Å². The maximum absolute atomic E-state index is 11.6. The first-order valence-electron chi connectivity index (χ1n) is 5.87. The van der Waals surface area contributed by atoms with Crippen molar-refractivity contribution in [2.45, 2.75) is 33.1 Å². The summed E-state index contributed by atoms with van der Waals surface area (Å²) in [5.41, 5.74) is 2.32. The predicted molar refractivity (Wildman–Crippen MR) is 65.6 cm³/mol. The molecule has 0 fully saturated rings. The molecule has 0 heterocycles. The SMILES string of the molecule is CCOCCCC(=O)Cc1cccc(C)c1. The van der Waals surface area contributed by atoms with Crippen molar-refractivity contribution in [3.8, 4) is 0 Å². The molecule has 1 aromatic rings. The third kappa shape index (κ3) is 5.08. The van der Waals surface area contributed by atoms with Gasteiger partial charge in [0.25, 0.3) is 0 Å². The maximum atomic E-state index is 11.6. The number of aryl methyl sites for hydroxylation is 1. The molecule has 88 valence electrons. The summed E-state index contributed by atoms with van der Waals surface area (Å²) in [6, 6.07) is 8.12. The second-order valence-corrected chi connectivity index (χ2v) is 4.00. The fraction of sp³-hybridized carbons (Fsp3) is 0.500. The molecule has 0 N–H and O–H groups in total. The van der Waals surface area contributed by atoms with E-state index in [1.165, 1.54) is 5.56 Å². The Kier molecular flexibility index (Phi) is 5.79. The van der Waals surface area contributed by atoms with Crippen molar-refractivity contribution in [1.29, 1.82) is 0 Å². The molecular weight excluding hydrogens is 200 g/mol. The van der Waals surface area contributed by atoms with Crippen molar-refractivity contribution < 1.29 is 9.53 Å². The van der Waals surface area contributed by atoms with Crippen LogP contribution in [0.1, 0.15) is 30.9 Å². The highest BCUT2D eigenvalue weighted by atomic mass is 16.5. The molecule has 1 aromatic carbocycles. The highest BCUT2D eigenvalue weighted by molar-refractivity contribution is 5.80. The second kappa shape index (κ2) is 7.18. The zero-order valence-electron chi connectivity index (χ0n) is 10.2. The number of benzene rings is 1. The summed E-state index contributed by atoms with van der Waals surface area (Å²) in [6.45, 7) is 5.43. The third-order valence-corrected chi connectivity index (χ3v) is 2.43. The van der Waals surface area contributed by atoms with Crippen LogP contribution in [-0.4, -0.2) is 19.0 Å². The first-order valence-corrected chi connectivity index (χ1v) is 5.87. The zero-order valence-corrected chi connectivity index (χ0v) is 10.2. The number of carbonyl (C=O) groups is 1. The van der Waals surface area contributed by atoms with E-state index in [1.54, 1.807) is 0 Å². The average Bonchev–Trinajstić information content (AvgIpc) is 2.24. The van der Waals surface area contributed by atoms with Crippen molar-refractivity contribution in [2.24, 2.45) is 0 Å². The number of rotatable bonds is 7. The number of hydrogen-bond acceptors (Lipinski definition) is 2. The summed E-state index contributed by atoms with van der Waals surface area (Å²) >= 11 is 0. The summed E-state index contributed by atoms with van der Waals surface area (Å²) in [5, 5.41) is 0. The van der Waals surface area contributed by atoms with Crippen molar-refractivity contribution in [3.63, 3.8) is 0 Å². The van der Waals surface area contributed by atoms with Gasteiger partial charge in [-0.1, -0.05) is 29.8 Å². The van der Waals surface area contributed by atoms with Crippen LogP contribution in [0, 0.1) is 6.92 Å². The van der Waals surface area contributed by atoms with E-state index in [9.17, 15) is 4.79 Å². The van der Waals surface area contributed by atoms with Gasteiger partial charge in [-0.2, -0.15) is 0 Å². The lowest BCUT2D eigenvalue weighted by Gasteiger charge is -2.03. The minimum atomic E-state index is 0.297. The van der Waals surface area contributed by atoms with E-state index in [4.69, 9.17) is 4.74 Å². The minimum absolute atomic E-state index is 0.297. The molecule has 0 amide bonds. The Balaban J connectivity index is 2.29. The Labute approximate surface area is 97.6 Å². The Morgan fingerprint density at radius 3 is 2.88 bits per heavy atom. The minimum Gasteiger partial charge on any atom is -0.382 e. The number of Topliss-reactive ketones (excluding diaryl/α,β-unsaturated/α-hetero) is 1. The Morgan fingerprint density at radius 2 is 2.19 bits per heavy atom. The van der Waals surface area contributed by atoms with Crippen LogP contribution >= 0.6 is 0 Å². The van der Waals surface area contributed by atoms with E-state index in [2.05, 4.69) is 6.07 Å². The Hall–Kier alpha value is -1.15. The summed E-state index contributed by atoms with van der Waals surface area (Å²) in [6.07, 6.45) is 2.00. The van der Waals surface area contributed by atoms with E-state index in [1.807, 2.05) is 32.0 Å². The molecule has 0 aromatic heterocycles. The third-order valence-electron chi connectivity index (χ3n) is 2.43. The summed E-state index contributed by atoms with van der Waals surface area (Å²) in [7, 11) is 0. The van der Waals surface area contributed by atoms with Gasteiger partial charge in [0.05, 0.1) is 0 Å². The molecule has 0 aliphatic heterocycles. The van der Waals surface area contributed by atoms with Crippen LogP contribution in [0.4, 0.5) is 0 Å². The number of ketones is 1. The molecule has 16 heavy (non-hydrogen) atoms. The Morgan fingerprint density at radius 1 is 1.38 bits per heavy atom. The van der Waals surface area contributed by atoms with Gasteiger partial charge in [-0.3, -0.25) is 4.79 Å². The van der Waals surface area contributed by atoms with E-state index in [-0.39, 0.29) is 0 Å². The first kappa shape index (κ1) is 12.9. The normalized spacial score (nSPS) is 10.4. The molecule has 0 saturated heterocycles. The molecule has 2 heteroatoms. The van der Waals surface area contributed by atoms with Gasteiger partial charge >= 0.3 is 0 Å². The maximum Gasteiger partial charge on any atom is 0.137 e. The van der Waals surface area contributed by atoms with Crippen LogP contribution in [0.25, 0.3) is 0 Å². The van der Waals surface area contributed by atoms with E-state index in [0.29, 0.717) is 25.2 Å².